The molecule has 0 bridgehead atoms. The highest BCUT2D eigenvalue weighted by atomic mass is 16.5. The highest BCUT2D eigenvalue weighted by molar-refractivity contribution is 5.47. The maximum atomic E-state index is 5.53. The van der Waals surface area contributed by atoms with Crippen LogP contribution in [0.1, 0.15) is 32.5 Å². The van der Waals surface area contributed by atoms with Gasteiger partial charge in [0.15, 0.2) is 0 Å². The number of nitrogen functional groups attached to an aromatic ring is 1. The third-order valence-corrected chi connectivity index (χ3v) is 3.07. The molecule has 6 heteroatoms. The number of aromatic nitrogens is 2. The fourth-order valence-electron chi connectivity index (χ4n) is 2.14. The summed E-state index contributed by atoms with van der Waals surface area (Å²) in [7, 11) is 0. The van der Waals surface area contributed by atoms with Crippen LogP contribution < -0.4 is 16.6 Å². The standard InChI is InChI=1S/C12H21N5O/c1-3-10-15-11(7-12(16-10)17-13)14-9-4-5-18-8(2)6-9/h7-9H,3-6,13H2,1-2H3,(H2,14,15,16,17). The van der Waals surface area contributed by atoms with Crippen molar-refractivity contribution < 1.29 is 4.74 Å². The Kier molecular flexibility index (Phi) is 4.33. The zero-order chi connectivity index (χ0) is 13.0. The number of ether oxygens (including phenoxy) is 1. The summed E-state index contributed by atoms with van der Waals surface area (Å²) >= 11 is 0. The van der Waals surface area contributed by atoms with Crippen molar-refractivity contribution in [2.75, 3.05) is 17.3 Å². The van der Waals surface area contributed by atoms with Gasteiger partial charge in [0.05, 0.1) is 6.10 Å². The van der Waals surface area contributed by atoms with Crippen molar-refractivity contribution in [1.29, 1.82) is 0 Å². The van der Waals surface area contributed by atoms with E-state index in [1.807, 2.05) is 13.0 Å². The Balaban J connectivity index is 2.07. The predicted molar refractivity (Wildman–Crippen MR) is 71.3 cm³/mol. The summed E-state index contributed by atoms with van der Waals surface area (Å²) in [5.41, 5.74) is 2.57. The molecule has 2 heterocycles. The molecule has 2 atom stereocenters. The molecule has 6 nitrogen and oxygen atoms in total. The highest BCUT2D eigenvalue weighted by Crippen LogP contribution is 2.19. The number of nitrogens with one attached hydrogen (secondary N) is 2. The van der Waals surface area contributed by atoms with E-state index in [9.17, 15) is 0 Å². The molecule has 1 aromatic rings. The van der Waals surface area contributed by atoms with E-state index in [-0.39, 0.29) is 0 Å². The number of anilines is 2. The first kappa shape index (κ1) is 13.0. The van der Waals surface area contributed by atoms with Gasteiger partial charge in [-0.15, -0.1) is 0 Å². The molecule has 100 valence electrons. The largest absolute Gasteiger partial charge is 0.378 e. The number of nitrogens with two attached hydrogens (primary N) is 1. The second-order valence-electron chi connectivity index (χ2n) is 4.60. The number of rotatable bonds is 4. The second-order valence-corrected chi connectivity index (χ2v) is 4.60. The highest BCUT2D eigenvalue weighted by Gasteiger charge is 2.19. The van der Waals surface area contributed by atoms with Crippen LogP contribution in [0.3, 0.4) is 0 Å². The number of nitrogens with zero attached hydrogens (tertiary/aromatic N) is 2. The first-order valence-electron chi connectivity index (χ1n) is 6.44. The molecule has 2 rings (SSSR count). The van der Waals surface area contributed by atoms with Crippen LogP contribution in [0.25, 0.3) is 0 Å². The maximum absolute atomic E-state index is 5.53. The Morgan fingerprint density at radius 2 is 2.22 bits per heavy atom. The lowest BCUT2D eigenvalue weighted by Crippen LogP contribution is -2.32. The van der Waals surface area contributed by atoms with E-state index in [0.29, 0.717) is 18.0 Å². The van der Waals surface area contributed by atoms with Crippen molar-refractivity contribution in [3.8, 4) is 0 Å². The van der Waals surface area contributed by atoms with Crippen LogP contribution in [0.2, 0.25) is 0 Å². The summed E-state index contributed by atoms with van der Waals surface area (Å²) in [6.45, 7) is 4.92. The minimum absolute atomic E-state index is 0.302. The minimum atomic E-state index is 0.302. The third kappa shape index (κ3) is 3.30. The first-order chi connectivity index (χ1) is 8.71. The van der Waals surface area contributed by atoms with Gasteiger partial charge >= 0.3 is 0 Å². The predicted octanol–water partition coefficient (Wildman–Crippen LogP) is 1.30. The Morgan fingerprint density at radius 1 is 1.44 bits per heavy atom. The number of hydrogen-bond acceptors (Lipinski definition) is 6. The number of aryl methyl sites for hydroxylation is 1. The Morgan fingerprint density at radius 3 is 2.89 bits per heavy atom. The van der Waals surface area contributed by atoms with E-state index in [1.165, 1.54) is 0 Å². The number of hydrazine groups is 1. The molecule has 1 aliphatic heterocycles. The number of hydrogen-bond donors (Lipinski definition) is 3. The van der Waals surface area contributed by atoms with Crippen molar-refractivity contribution >= 4 is 11.6 Å². The quantitative estimate of drug-likeness (QED) is 0.552. The molecular weight excluding hydrogens is 230 g/mol. The molecule has 1 saturated heterocycles. The molecule has 2 unspecified atom stereocenters. The average molecular weight is 251 g/mol. The SMILES string of the molecule is CCc1nc(NN)cc(NC2CCOC(C)C2)n1. The molecular formula is C12H21N5O. The molecule has 0 aromatic carbocycles. The maximum Gasteiger partial charge on any atom is 0.145 e. The van der Waals surface area contributed by atoms with Gasteiger partial charge < -0.3 is 15.5 Å². The Bertz CT molecular complexity index is 376. The van der Waals surface area contributed by atoms with E-state index >= 15 is 0 Å². The summed E-state index contributed by atoms with van der Waals surface area (Å²) in [5.74, 6) is 7.67. The summed E-state index contributed by atoms with van der Waals surface area (Å²) in [4.78, 5) is 8.73. The van der Waals surface area contributed by atoms with E-state index in [1.54, 1.807) is 0 Å². The molecule has 1 fully saturated rings. The monoisotopic (exact) mass is 251 g/mol. The molecule has 0 saturated carbocycles. The normalized spacial score (nSPS) is 23.7. The minimum Gasteiger partial charge on any atom is -0.378 e. The third-order valence-electron chi connectivity index (χ3n) is 3.07. The van der Waals surface area contributed by atoms with Crippen LogP contribution in [-0.4, -0.2) is 28.7 Å². The van der Waals surface area contributed by atoms with Gasteiger partial charge in [0.1, 0.15) is 17.5 Å². The fourth-order valence-corrected chi connectivity index (χ4v) is 2.14. The van der Waals surface area contributed by atoms with E-state index in [2.05, 4.69) is 27.6 Å². The van der Waals surface area contributed by atoms with Gasteiger partial charge in [-0.1, -0.05) is 6.92 Å². The van der Waals surface area contributed by atoms with E-state index in [4.69, 9.17) is 10.6 Å². The molecule has 1 aliphatic rings. The molecule has 0 amide bonds. The van der Waals surface area contributed by atoms with E-state index < -0.39 is 0 Å². The van der Waals surface area contributed by atoms with Crippen LogP contribution in [0.5, 0.6) is 0 Å². The van der Waals surface area contributed by atoms with Gasteiger partial charge in [-0.2, -0.15) is 0 Å². The topological polar surface area (TPSA) is 85.1 Å². The lowest BCUT2D eigenvalue weighted by molar-refractivity contribution is 0.0232. The van der Waals surface area contributed by atoms with Crippen molar-refractivity contribution in [2.24, 2.45) is 5.84 Å². The zero-order valence-electron chi connectivity index (χ0n) is 10.9. The van der Waals surface area contributed by atoms with Gasteiger partial charge in [-0.3, -0.25) is 0 Å². The van der Waals surface area contributed by atoms with Crippen molar-refractivity contribution in [3.63, 3.8) is 0 Å². The molecule has 18 heavy (non-hydrogen) atoms. The van der Waals surface area contributed by atoms with Crippen molar-refractivity contribution in [3.05, 3.63) is 11.9 Å². The average Bonchev–Trinajstić information content (AvgIpc) is 2.38. The molecule has 4 N–H and O–H groups in total. The summed E-state index contributed by atoms with van der Waals surface area (Å²) in [6.07, 6.45) is 3.09. The van der Waals surface area contributed by atoms with Crippen LogP contribution in [0, 0.1) is 0 Å². The smallest absolute Gasteiger partial charge is 0.145 e. The summed E-state index contributed by atoms with van der Waals surface area (Å²) in [6, 6.07) is 2.23. The van der Waals surface area contributed by atoms with Crippen LogP contribution >= 0.6 is 0 Å². The van der Waals surface area contributed by atoms with Crippen molar-refractivity contribution in [1.82, 2.24) is 9.97 Å². The molecule has 0 radical (unpaired) electrons. The van der Waals surface area contributed by atoms with Crippen LogP contribution in [-0.2, 0) is 11.2 Å². The first-order valence-corrected chi connectivity index (χ1v) is 6.44. The summed E-state index contributed by atoms with van der Waals surface area (Å²) < 4.78 is 5.53. The van der Waals surface area contributed by atoms with Gasteiger partial charge in [0.2, 0.25) is 0 Å². The molecule has 0 spiro atoms. The van der Waals surface area contributed by atoms with Crippen molar-refractivity contribution in [2.45, 2.75) is 45.3 Å². The van der Waals surface area contributed by atoms with Gasteiger partial charge in [0, 0.05) is 25.1 Å². The Labute approximate surface area is 107 Å². The fraction of sp³-hybridized carbons (Fsp3) is 0.667. The summed E-state index contributed by atoms with van der Waals surface area (Å²) in [5, 5.41) is 3.43. The Hall–Kier alpha value is -1.40. The second kappa shape index (κ2) is 5.97. The van der Waals surface area contributed by atoms with Gasteiger partial charge in [-0.05, 0) is 19.8 Å². The molecule has 0 aliphatic carbocycles. The lowest BCUT2D eigenvalue weighted by Gasteiger charge is -2.28. The van der Waals surface area contributed by atoms with Gasteiger partial charge in [-0.25, -0.2) is 15.8 Å². The van der Waals surface area contributed by atoms with Crippen LogP contribution in [0.4, 0.5) is 11.6 Å². The van der Waals surface area contributed by atoms with E-state index in [0.717, 1.165) is 37.5 Å². The zero-order valence-corrected chi connectivity index (χ0v) is 10.9. The van der Waals surface area contributed by atoms with Crippen LogP contribution in [0.15, 0.2) is 6.07 Å². The lowest BCUT2D eigenvalue weighted by atomic mass is 10.0. The molecule has 1 aromatic heterocycles. The van der Waals surface area contributed by atoms with Gasteiger partial charge in [0.25, 0.3) is 0 Å².